The summed E-state index contributed by atoms with van der Waals surface area (Å²) >= 11 is 0. The van der Waals surface area contributed by atoms with E-state index in [2.05, 4.69) is 5.10 Å². The lowest BCUT2D eigenvalue weighted by molar-refractivity contribution is 0.175. The fourth-order valence-electron chi connectivity index (χ4n) is 2.36. The summed E-state index contributed by atoms with van der Waals surface area (Å²) in [5, 5.41) is 14.5. The molecule has 1 aromatic heterocycles. The average Bonchev–Trinajstić information content (AvgIpc) is 2.56. The molecule has 19 heavy (non-hydrogen) atoms. The molecule has 4 heteroatoms. The highest BCUT2D eigenvalue weighted by Gasteiger charge is 2.14. The van der Waals surface area contributed by atoms with Crippen molar-refractivity contribution in [3.8, 4) is 0 Å². The van der Waals surface area contributed by atoms with E-state index in [0.29, 0.717) is 12.8 Å². The highest BCUT2D eigenvalue weighted by molar-refractivity contribution is 5.26. The Morgan fingerprint density at radius 3 is 2.63 bits per heavy atom. The average molecular weight is 262 g/mol. The summed E-state index contributed by atoms with van der Waals surface area (Å²) < 4.78 is 14.9. The van der Waals surface area contributed by atoms with Crippen molar-refractivity contribution in [2.24, 2.45) is 7.05 Å². The number of nitrogens with zero attached hydrogens (tertiary/aromatic N) is 2. The molecule has 102 valence electrons. The van der Waals surface area contributed by atoms with Gasteiger partial charge >= 0.3 is 0 Å². The van der Waals surface area contributed by atoms with Gasteiger partial charge in [0, 0.05) is 19.2 Å². The van der Waals surface area contributed by atoms with Crippen LogP contribution in [0.25, 0.3) is 0 Å². The van der Waals surface area contributed by atoms with Gasteiger partial charge < -0.3 is 5.11 Å². The van der Waals surface area contributed by atoms with Crippen LogP contribution in [0, 0.1) is 19.7 Å². The minimum absolute atomic E-state index is 0.265. The van der Waals surface area contributed by atoms with E-state index in [1.807, 2.05) is 31.6 Å². The summed E-state index contributed by atoms with van der Waals surface area (Å²) in [6, 6.07) is 6.37. The Hall–Kier alpha value is -1.68. The Morgan fingerprint density at radius 1 is 1.32 bits per heavy atom. The molecule has 1 atom stereocenters. The van der Waals surface area contributed by atoms with E-state index in [9.17, 15) is 9.50 Å². The number of hydrogen-bond acceptors (Lipinski definition) is 2. The second-order valence-electron chi connectivity index (χ2n) is 4.96. The van der Waals surface area contributed by atoms with Crippen molar-refractivity contribution < 1.29 is 9.50 Å². The van der Waals surface area contributed by atoms with Crippen LogP contribution < -0.4 is 0 Å². The molecule has 2 aromatic rings. The molecule has 0 radical (unpaired) electrons. The SMILES string of the molecule is Cc1nn(C)c(C)c1CC(O)Cc1cccc(F)c1. The minimum Gasteiger partial charge on any atom is -0.392 e. The molecule has 0 aliphatic carbocycles. The van der Waals surface area contributed by atoms with Gasteiger partial charge in [0.05, 0.1) is 11.8 Å². The number of rotatable bonds is 4. The Kier molecular flexibility index (Phi) is 4.00. The molecule has 0 saturated heterocycles. The maximum absolute atomic E-state index is 13.1. The minimum atomic E-state index is -0.525. The lowest BCUT2D eigenvalue weighted by atomic mass is 10.00. The summed E-state index contributed by atoms with van der Waals surface area (Å²) in [5.41, 5.74) is 3.90. The number of halogens is 1. The van der Waals surface area contributed by atoms with Crippen LogP contribution in [-0.4, -0.2) is 21.0 Å². The van der Waals surface area contributed by atoms with Gasteiger partial charge in [-0.05, 0) is 43.5 Å². The standard InChI is InChI=1S/C15H19FN2O/c1-10-15(11(2)18(3)17-10)9-14(19)8-12-5-4-6-13(16)7-12/h4-7,14,19H,8-9H2,1-3H3. The molecule has 0 fully saturated rings. The van der Waals surface area contributed by atoms with E-state index >= 15 is 0 Å². The monoisotopic (exact) mass is 262 g/mol. The van der Waals surface area contributed by atoms with Crippen LogP contribution >= 0.6 is 0 Å². The molecule has 0 spiro atoms. The molecule has 0 amide bonds. The van der Waals surface area contributed by atoms with Gasteiger partial charge in [-0.2, -0.15) is 5.10 Å². The third kappa shape index (κ3) is 3.20. The molecule has 1 N–H and O–H groups in total. The molecule has 0 aliphatic rings. The zero-order valence-corrected chi connectivity index (χ0v) is 11.5. The van der Waals surface area contributed by atoms with E-state index in [4.69, 9.17) is 0 Å². The van der Waals surface area contributed by atoms with Crippen molar-refractivity contribution in [2.75, 3.05) is 0 Å². The quantitative estimate of drug-likeness (QED) is 0.918. The Balaban J connectivity index is 2.07. The van der Waals surface area contributed by atoms with Gasteiger partial charge in [-0.3, -0.25) is 4.68 Å². The van der Waals surface area contributed by atoms with Crippen molar-refractivity contribution in [3.05, 3.63) is 52.6 Å². The first kappa shape index (κ1) is 13.7. The Labute approximate surface area is 112 Å². The molecule has 1 heterocycles. The zero-order valence-electron chi connectivity index (χ0n) is 11.5. The second-order valence-corrected chi connectivity index (χ2v) is 4.96. The van der Waals surface area contributed by atoms with Crippen molar-refractivity contribution in [2.45, 2.75) is 32.8 Å². The van der Waals surface area contributed by atoms with Crippen molar-refractivity contribution in [1.82, 2.24) is 9.78 Å². The summed E-state index contributed by atoms with van der Waals surface area (Å²) in [4.78, 5) is 0. The van der Waals surface area contributed by atoms with Gasteiger partial charge in [0.1, 0.15) is 5.82 Å². The molecule has 0 aliphatic heterocycles. The summed E-state index contributed by atoms with van der Waals surface area (Å²) in [6.07, 6.45) is 0.469. The van der Waals surface area contributed by atoms with Crippen LogP contribution in [0.5, 0.6) is 0 Å². The fourth-order valence-corrected chi connectivity index (χ4v) is 2.36. The fraction of sp³-hybridized carbons (Fsp3) is 0.400. The van der Waals surface area contributed by atoms with Crippen LogP contribution in [0.2, 0.25) is 0 Å². The lowest BCUT2D eigenvalue weighted by Crippen LogP contribution is -2.15. The topological polar surface area (TPSA) is 38.0 Å². The number of aromatic nitrogens is 2. The van der Waals surface area contributed by atoms with E-state index in [1.165, 1.54) is 12.1 Å². The summed E-state index contributed by atoms with van der Waals surface area (Å²) in [7, 11) is 1.89. The van der Waals surface area contributed by atoms with Crippen molar-refractivity contribution >= 4 is 0 Å². The van der Waals surface area contributed by atoms with Crippen LogP contribution in [0.15, 0.2) is 24.3 Å². The molecule has 0 saturated carbocycles. The first-order valence-corrected chi connectivity index (χ1v) is 6.39. The van der Waals surface area contributed by atoms with Crippen molar-refractivity contribution in [3.63, 3.8) is 0 Å². The zero-order chi connectivity index (χ0) is 14.0. The van der Waals surface area contributed by atoms with Gasteiger partial charge in [-0.15, -0.1) is 0 Å². The number of aliphatic hydroxyl groups is 1. The maximum atomic E-state index is 13.1. The maximum Gasteiger partial charge on any atom is 0.123 e. The third-order valence-electron chi connectivity index (χ3n) is 3.46. The van der Waals surface area contributed by atoms with Crippen LogP contribution in [0.4, 0.5) is 4.39 Å². The number of benzene rings is 1. The van der Waals surface area contributed by atoms with Crippen LogP contribution in [-0.2, 0) is 19.9 Å². The molecule has 2 rings (SSSR count). The molecular formula is C15H19FN2O. The smallest absolute Gasteiger partial charge is 0.123 e. The predicted molar refractivity (Wildman–Crippen MR) is 72.5 cm³/mol. The first-order valence-electron chi connectivity index (χ1n) is 6.39. The highest BCUT2D eigenvalue weighted by atomic mass is 19.1. The Morgan fingerprint density at radius 2 is 2.05 bits per heavy atom. The molecule has 1 unspecified atom stereocenters. The van der Waals surface area contributed by atoms with Crippen LogP contribution in [0.1, 0.15) is 22.5 Å². The Bertz CT molecular complexity index is 578. The second kappa shape index (κ2) is 5.53. The molecule has 0 bridgehead atoms. The van der Waals surface area contributed by atoms with Gasteiger partial charge in [0.2, 0.25) is 0 Å². The van der Waals surface area contributed by atoms with Gasteiger partial charge in [-0.1, -0.05) is 12.1 Å². The lowest BCUT2D eigenvalue weighted by Gasteiger charge is -2.11. The largest absolute Gasteiger partial charge is 0.392 e. The van der Waals surface area contributed by atoms with E-state index < -0.39 is 6.10 Å². The van der Waals surface area contributed by atoms with Crippen molar-refractivity contribution in [1.29, 1.82) is 0 Å². The van der Waals surface area contributed by atoms with Gasteiger partial charge in [-0.25, -0.2) is 4.39 Å². The van der Waals surface area contributed by atoms with E-state index in [-0.39, 0.29) is 5.82 Å². The third-order valence-corrected chi connectivity index (χ3v) is 3.46. The van der Waals surface area contributed by atoms with Crippen LogP contribution in [0.3, 0.4) is 0 Å². The molecular weight excluding hydrogens is 243 g/mol. The molecule has 1 aromatic carbocycles. The number of aryl methyl sites for hydroxylation is 2. The van der Waals surface area contributed by atoms with E-state index in [1.54, 1.807) is 6.07 Å². The number of hydrogen-bond donors (Lipinski definition) is 1. The number of aliphatic hydroxyl groups excluding tert-OH is 1. The first-order chi connectivity index (χ1) is 8.97. The molecule has 3 nitrogen and oxygen atoms in total. The normalized spacial score (nSPS) is 12.7. The van der Waals surface area contributed by atoms with Gasteiger partial charge in [0.25, 0.3) is 0 Å². The summed E-state index contributed by atoms with van der Waals surface area (Å²) in [6.45, 7) is 3.93. The highest BCUT2D eigenvalue weighted by Crippen LogP contribution is 2.16. The van der Waals surface area contributed by atoms with E-state index in [0.717, 1.165) is 22.5 Å². The summed E-state index contributed by atoms with van der Waals surface area (Å²) in [5.74, 6) is -0.265. The van der Waals surface area contributed by atoms with Gasteiger partial charge in [0.15, 0.2) is 0 Å². The predicted octanol–water partition coefficient (Wildman–Crippen LogP) is 2.32.